The van der Waals surface area contributed by atoms with Crippen molar-refractivity contribution in [3.63, 3.8) is 0 Å². The average molecular weight is 364 g/mol. The molecule has 2 heterocycles. The Balaban J connectivity index is 1.60. The van der Waals surface area contributed by atoms with E-state index in [1.54, 1.807) is 18.2 Å². The van der Waals surface area contributed by atoms with Gasteiger partial charge in [-0.25, -0.2) is 9.78 Å². The van der Waals surface area contributed by atoms with Crippen LogP contribution in [0.5, 0.6) is 17.4 Å². The van der Waals surface area contributed by atoms with E-state index in [0.29, 0.717) is 47.8 Å². The van der Waals surface area contributed by atoms with Gasteiger partial charge in [-0.3, -0.25) is 0 Å². The Kier molecular flexibility index (Phi) is 5.45. The highest BCUT2D eigenvalue weighted by Gasteiger charge is 2.15. The molecule has 25 heavy (non-hydrogen) atoms. The summed E-state index contributed by atoms with van der Waals surface area (Å²) in [5.41, 5.74) is 1.38. The number of halogens is 1. The normalized spacial score (nSPS) is 12.9. The van der Waals surface area contributed by atoms with Gasteiger partial charge in [0.2, 0.25) is 5.88 Å². The van der Waals surface area contributed by atoms with Gasteiger partial charge in [0, 0.05) is 19.0 Å². The zero-order valence-corrected chi connectivity index (χ0v) is 14.4. The van der Waals surface area contributed by atoms with Crippen LogP contribution in [0.1, 0.15) is 12.0 Å². The molecular formula is C17H18ClN3O4. The molecule has 1 aliphatic rings. The fourth-order valence-corrected chi connectivity index (χ4v) is 2.61. The number of pyridine rings is 1. The molecule has 0 unspecified atom stereocenters. The first kappa shape index (κ1) is 17.2. The van der Waals surface area contributed by atoms with Gasteiger partial charge in [-0.2, -0.15) is 0 Å². The lowest BCUT2D eigenvalue weighted by molar-refractivity contribution is 0.251. The van der Waals surface area contributed by atoms with Gasteiger partial charge in [-0.05, 0) is 23.8 Å². The number of nitrogens with one attached hydrogen (secondary N) is 2. The monoisotopic (exact) mass is 363 g/mol. The number of anilines is 1. The Morgan fingerprint density at radius 2 is 2.16 bits per heavy atom. The molecule has 1 aromatic heterocycles. The standard InChI is InChI=1S/C17H18ClN3O4/c1-23-15-4-3-12(10-19-15)21-17(22)20-9-11-7-13(18)16-14(8-11)24-5-2-6-25-16/h3-4,7-8,10H,2,5-6,9H2,1H3,(H2,20,21,22). The molecule has 2 N–H and O–H groups in total. The number of ether oxygens (including phenoxy) is 3. The van der Waals surface area contributed by atoms with Crippen LogP contribution < -0.4 is 24.8 Å². The van der Waals surface area contributed by atoms with E-state index in [0.717, 1.165) is 12.0 Å². The molecule has 0 bridgehead atoms. The Hall–Kier alpha value is -2.67. The van der Waals surface area contributed by atoms with Crippen LogP contribution in [-0.4, -0.2) is 31.3 Å². The average Bonchev–Trinajstić information content (AvgIpc) is 2.86. The van der Waals surface area contributed by atoms with E-state index in [-0.39, 0.29) is 6.03 Å². The van der Waals surface area contributed by atoms with Crippen molar-refractivity contribution in [3.05, 3.63) is 41.0 Å². The highest BCUT2D eigenvalue weighted by molar-refractivity contribution is 6.32. The van der Waals surface area contributed by atoms with Gasteiger partial charge < -0.3 is 24.8 Å². The predicted molar refractivity (Wildman–Crippen MR) is 93.7 cm³/mol. The molecule has 0 saturated carbocycles. The molecule has 2 amide bonds. The molecule has 0 aliphatic carbocycles. The van der Waals surface area contributed by atoms with Crippen LogP contribution in [-0.2, 0) is 6.54 Å². The van der Waals surface area contributed by atoms with Crippen molar-refractivity contribution < 1.29 is 19.0 Å². The number of carbonyl (C=O) groups is 1. The summed E-state index contributed by atoms with van der Waals surface area (Å²) in [6.45, 7) is 1.44. The molecule has 1 aromatic carbocycles. The lowest BCUT2D eigenvalue weighted by Gasteiger charge is -2.12. The third-order valence-corrected chi connectivity index (χ3v) is 3.80. The van der Waals surface area contributed by atoms with E-state index >= 15 is 0 Å². The molecule has 2 aromatic rings. The minimum absolute atomic E-state index is 0.297. The van der Waals surface area contributed by atoms with Gasteiger partial charge in [-0.15, -0.1) is 0 Å². The quantitative estimate of drug-likeness (QED) is 0.871. The Morgan fingerprint density at radius 3 is 2.92 bits per heavy atom. The number of hydrogen-bond acceptors (Lipinski definition) is 5. The van der Waals surface area contributed by atoms with Gasteiger partial charge in [0.25, 0.3) is 0 Å². The molecule has 8 heteroatoms. The number of hydrogen-bond donors (Lipinski definition) is 2. The minimum atomic E-state index is -0.352. The van der Waals surface area contributed by atoms with E-state index in [2.05, 4.69) is 15.6 Å². The van der Waals surface area contributed by atoms with Gasteiger partial charge in [0.1, 0.15) is 0 Å². The topological polar surface area (TPSA) is 81.7 Å². The number of amides is 2. The Bertz CT molecular complexity index is 752. The fraction of sp³-hybridized carbons (Fsp3) is 0.294. The number of aromatic nitrogens is 1. The third kappa shape index (κ3) is 4.45. The molecule has 0 atom stereocenters. The van der Waals surface area contributed by atoms with Crippen molar-refractivity contribution in [2.24, 2.45) is 0 Å². The summed E-state index contributed by atoms with van der Waals surface area (Å²) in [5.74, 6) is 1.63. The zero-order valence-electron chi connectivity index (χ0n) is 13.7. The predicted octanol–water partition coefficient (Wildman–Crippen LogP) is 3.23. The molecule has 132 valence electrons. The van der Waals surface area contributed by atoms with Crippen molar-refractivity contribution in [1.82, 2.24) is 10.3 Å². The van der Waals surface area contributed by atoms with Crippen LogP contribution >= 0.6 is 11.6 Å². The van der Waals surface area contributed by atoms with Crippen LogP contribution in [0.25, 0.3) is 0 Å². The van der Waals surface area contributed by atoms with Crippen molar-refractivity contribution >= 4 is 23.3 Å². The van der Waals surface area contributed by atoms with E-state index in [1.165, 1.54) is 13.3 Å². The van der Waals surface area contributed by atoms with Gasteiger partial charge in [-0.1, -0.05) is 11.6 Å². The number of carbonyl (C=O) groups excluding carboxylic acids is 1. The van der Waals surface area contributed by atoms with Crippen LogP contribution in [0.4, 0.5) is 10.5 Å². The first-order valence-corrected chi connectivity index (χ1v) is 8.16. The van der Waals surface area contributed by atoms with Gasteiger partial charge in [0.15, 0.2) is 11.5 Å². The molecule has 7 nitrogen and oxygen atoms in total. The van der Waals surface area contributed by atoms with Crippen LogP contribution in [0.2, 0.25) is 5.02 Å². The number of benzene rings is 1. The Morgan fingerprint density at radius 1 is 1.32 bits per heavy atom. The van der Waals surface area contributed by atoms with Crippen molar-refractivity contribution in [2.45, 2.75) is 13.0 Å². The van der Waals surface area contributed by atoms with Gasteiger partial charge in [0.05, 0.1) is 37.2 Å². The van der Waals surface area contributed by atoms with Crippen molar-refractivity contribution in [3.8, 4) is 17.4 Å². The van der Waals surface area contributed by atoms with Gasteiger partial charge >= 0.3 is 6.03 Å². The molecule has 0 fully saturated rings. The van der Waals surface area contributed by atoms with Crippen molar-refractivity contribution in [2.75, 3.05) is 25.6 Å². The van der Waals surface area contributed by atoms with E-state index in [4.69, 9.17) is 25.8 Å². The largest absolute Gasteiger partial charge is 0.489 e. The van der Waals surface area contributed by atoms with Crippen molar-refractivity contribution in [1.29, 1.82) is 0 Å². The minimum Gasteiger partial charge on any atom is -0.489 e. The highest BCUT2D eigenvalue weighted by atomic mass is 35.5. The van der Waals surface area contributed by atoms with Crippen LogP contribution in [0.3, 0.4) is 0 Å². The summed E-state index contributed by atoms with van der Waals surface area (Å²) in [6, 6.07) is 6.59. The molecule has 3 rings (SSSR count). The maximum absolute atomic E-state index is 12.0. The summed E-state index contributed by atoms with van der Waals surface area (Å²) < 4.78 is 16.2. The third-order valence-electron chi connectivity index (χ3n) is 3.52. The number of methoxy groups -OCH3 is 1. The number of urea groups is 1. The van der Waals surface area contributed by atoms with Crippen LogP contribution in [0.15, 0.2) is 30.5 Å². The zero-order chi connectivity index (χ0) is 17.6. The first-order valence-electron chi connectivity index (χ1n) is 7.78. The molecule has 1 aliphatic heterocycles. The second-order valence-electron chi connectivity index (χ2n) is 5.35. The summed E-state index contributed by atoms with van der Waals surface area (Å²) in [7, 11) is 1.53. The second kappa shape index (κ2) is 7.94. The Labute approximate surface area is 150 Å². The first-order chi connectivity index (χ1) is 12.2. The maximum Gasteiger partial charge on any atom is 0.319 e. The highest BCUT2D eigenvalue weighted by Crippen LogP contribution is 2.37. The lowest BCUT2D eigenvalue weighted by atomic mass is 10.2. The summed E-state index contributed by atoms with van der Waals surface area (Å²) in [6.07, 6.45) is 2.32. The second-order valence-corrected chi connectivity index (χ2v) is 5.76. The number of nitrogens with zero attached hydrogens (tertiary/aromatic N) is 1. The smallest absolute Gasteiger partial charge is 0.319 e. The lowest BCUT2D eigenvalue weighted by Crippen LogP contribution is -2.28. The molecule has 0 spiro atoms. The van der Waals surface area contributed by atoms with E-state index in [1.807, 2.05) is 6.07 Å². The molecule has 0 saturated heterocycles. The molecule has 0 radical (unpaired) electrons. The summed E-state index contributed by atoms with van der Waals surface area (Å²) in [4.78, 5) is 16.0. The van der Waals surface area contributed by atoms with E-state index < -0.39 is 0 Å². The van der Waals surface area contributed by atoms with E-state index in [9.17, 15) is 4.79 Å². The maximum atomic E-state index is 12.0. The summed E-state index contributed by atoms with van der Waals surface area (Å²) >= 11 is 6.24. The summed E-state index contributed by atoms with van der Waals surface area (Å²) in [5, 5.41) is 5.92. The SMILES string of the molecule is COc1ccc(NC(=O)NCc2cc(Cl)c3c(c2)OCCCO3)cn1. The van der Waals surface area contributed by atoms with Crippen LogP contribution in [0, 0.1) is 0 Å². The fourth-order valence-electron chi connectivity index (χ4n) is 2.32. The molecular weight excluding hydrogens is 346 g/mol. The number of fused-ring (bicyclic) bond motifs is 1. The number of rotatable bonds is 4.